The topological polar surface area (TPSA) is 49.6 Å². The van der Waals surface area contributed by atoms with E-state index in [1.165, 1.54) is 0 Å². The fourth-order valence-corrected chi connectivity index (χ4v) is 3.97. The molecule has 0 radical (unpaired) electrons. The monoisotopic (exact) mass is 309 g/mol. The first-order valence-electron chi connectivity index (χ1n) is 7.68. The van der Waals surface area contributed by atoms with Crippen molar-refractivity contribution in [1.82, 2.24) is 14.8 Å². The fraction of sp³-hybridized carbons (Fsp3) is 0.733. The zero-order valence-electron chi connectivity index (χ0n) is 12.8. The molecular formula is C15H23N3O2S. The number of hydrogen-bond donors (Lipinski definition) is 0. The van der Waals surface area contributed by atoms with Crippen LogP contribution in [0.15, 0.2) is 4.42 Å². The number of thioether (sulfide) groups is 1. The van der Waals surface area contributed by atoms with E-state index in [-0.39, 0.29) is 6.04 Å². The zero-order chi connectivity index (χ0) is 14.8. The van der Waals surface area contributed by atoms with E-state index < -0.39 is 0 Å². The lowest BCUT2D eigenvalue weighted by atomic mass is 10.2. The Morgan fingerprint density at radius 3 is 2.76 bits per heavy atom. The number of aryl methyl sites for hydroxylation is 2. The molecule has 21 heavy (non-hydrogen) atoms. The molecule has 1 aromatic heterocycles. The Labute approximate surface area is 130 Å². The highest BCUT2D eigenvalue weighted by Crippen LogP contribution is 2.23. The van der Waals surface area contributed by atoms with Crippen LogP contribution in [0.5, 0.6) is 0 Å². The SMILES string of the molecule is Cc1nc(CN2CCCC2C(=O)N2CCSCC2)oc1C. The summed E-state index contributed by atoms with van der Waals surface area (Å²) in [6, 6.07) is 0.0145. The highest BCUT2D eigenvalue weighted by molar-refractivity contribution is 7.99. The van der Waals surface area contributed by atoms with E-state index in [0.717, 1.165) is 61.3 Å². The number of hydrogen-bond acceptors (Lipinski definition) is 5. The number of carbonyl (C=O) groups excluding carboxylic acids is 1. The van der Waals surface area contributed by atoms with Gasteiger partial charge < -0.3 is 9.32 Å². The third kappa shape index (κ3) is 3.26. The van der Waals surface area contributed by atoms with E-state index in [0.29, 0.717) is 12.5 Å². The van der Waals surface area contributed by atoms with Gasteiger partial charge in [-0.25, -0.2) is 4.98 Å². The molecule has 0 bridgehead atoms. The fourth-order valence-electron chi connectivity index (χ4n) is 3.07. The summed E-state index contributed by atoms with van der Waals surface area (Å²) < 4.78 is 5.67. The molecule has 3 heterocycles. The van der Waals surface area contributed by atoms with Gasteiger partial charge in [-0.3, -0.25) is 9.69 Å². The summed E-state index contributed by atoms with van der Waals surface area (Å²) in [7, 11) is 0. The minimum atomic E-state index is 0.0145. The van der Waals surface area contributed by atoms with Gasteiger partial charge >= 0.3 is 0 Å². The van der Waals surface area contributed by atoms with Crippen LogP contribution in [0.1, 0.15) is 30.2 Å². The molecule has 0 spiro atoms. The molecule has 0 saturated carbocycles. The predicted molar refractivity (Wildman–Crippen MR) is 83.3 cm³/mol. The maximum absolute atomic E-state index is 12.7. The Hall–Kier alpha value is -1.01. The minimum absolute atomic E-state index is 0.0145. The van der Waals surface area contributed by atoms with Crippen molar-refractivity contribution in [3.05, 3.63) is 17.3 Å². The molecule has 1 unspecified atom stereocenters. The van der Waals surface area contributed by atoms with Crippen LogP contribution in [0.4, 0.5) is 0 Å². The van der Waals surface area contributed by atoms with Gasteiger partial charge in [0.2, 0.25) is 11.8 Å². The molecule has 2 fully saturated rings. The van der Waals surface area contributed by atoms with E-state index in [1.807, 2.05) is 30.5 Å². The zero-order valence-corrected chi connectivity index (χ0v) is 13.6. The Balaban J connectivity index is 1.65. The smallest absolute Gasteiger partial charge is 0.239 e. The van der Waals surface area contributed by atoms with Crippen LogP contribution < -0.4 is 0 Å². The minimum Gasteiger partial charge on any atom is -0.444 e. The average molecular weight is 309 g/mol. The van der Waals surface area contributed by atoms with Gasteiger partial charge in [-0.15, -0.1) is 0 Å². The summed E-state index contributed by atoms with van der Waals surface area (Å²) in [6.07, 6.45) is 2.04. The van der Waals surface area contributed by atoms with E-state index in [4.69, 9.17) is 4.42 Å². The number of aromatic nitrogens is 1. The van der Waals surface area contributed by atoms with Crippen molar-refractivity contribution < 1.29 is 9.21 Å². The van der Waals surface area contributed by atoms with Gasteiger partial charge in [0.25, 0.3) is 0 Å². The second-order valence-electron chi connectivity index (χ2n) is 5.82. The summed E-state index contributed by atoms with van der Waals surface area (Å²) in [5.74, 6) is 4.04. The number of oxazole rings is 1. The second-order valence-corrected chi connectivity index (χ2v) is 7.04. The van der Waals surface area contributed by atoms with Gasteiger partial charge in [-0.1, -0.05) is 0 Å². The molecule has 0 aliphatic carbocycles. The van der Waals surface area contributed by atoms with Crippen LogP contribution in [0, 0.1) is 13.8 Å². The average Bonchev–Trinajstić information content (AvgIpc) is 3.07. The lowest BCUT2D eigenvalue weighted by molar-refractivity contribution is -0.135. The third-order valence-electron chi connectivity index (χ3n) is 4.38. The summed E-state index contributed by atoms with van der Waals surface area (Å²) >= 11 is 1.93. The molecule has 2 aliphatic rings. The molecule has 1 atom stereocenters. The van der Waals surface area contributed by atoms with Crippen molar-refractivity contribution >= 4 is 17.7 Å². The maximum atomic E-state index is 12.7. The molecule has 0 aromatic carbocycles. The largest absolute Gasteiger partial charge is 0.444 e. The highest BCUT2D eigenvalue weighted by atomic mass is 32.2. The Kier molecular flexibility index (Phi) is 4.54. The molecule has 1 amide bonds. The van der Waals surface area contributed by atoms with Crippen molar-refractivity contribution in [3.8, 4) is 0 Å². The molecule has 2 saturated heterocycles. The number of nitrogens with zero attached hydrogens (tertiary/aromatic N) is 3. The molecule has 3 rings (SSSR count). The van der Waals surface area contributed by atoms with Crippen LogP contribution in [0.25, 0.3) is 0 Å². The van der Waals surface area contributed by atoms with Gasteiger partial charge in [0.15, 0.2) is 0 Å². The van der Waals surface area contributed by atoms with Crippen molar-refractivity contribution in [3.63, 3.8) is 0 Å². The van der Waals surface area contributed by atoms with Crippen molar-refractivity contribution in [2.45, 2.75) is 39.3 Å². The third-order valence-corrected chi connectivity index (χ3v) is 5.33. The van der Waals surface area contributed by atoms with E-state index in [1.54, 1.807) is 0 Å². The van der Waals surface area contributed by atoms with Crippen LogP contribution >= 0.6 is 11.8 Å². The lowest BCUT2D eigenvalue weighted by Crippen LogP contribution is -2.48. The lowest BCUT2D eigenvalue weighted by Gasteiger charge is -2.32. The standard InChI is InChI=1S/C15H23N3O2S/c1-11-12(2)20-14(16-11)10-18-5-3-4-13(18)15(19)17-6-8-21-9-7-17/h13H,3-10H2,1-2H3. The van der Waals surface area contributed by atoms with Crippen LogP contribution in [0.3, 0.4) is 0 Å². The highest BCUT2D eigenvalue weighted by Gasteiger charge is 2.34. The Morgan fingerprint density at radius 1 is 1.33 bits per heavy atom. The van der Waals surface area contributed by atoms with Crippen molar-refractivity contribution in [2.24, 2.45) is 0 Å². The number of rotatable bonds is 3. The molecule has 6 heteroatoms. The first-order chi connectivity index (χ1) is 10.1. The molecule has 5 nitrogen and oxygen atoms in total. The molecular weight excluding hydrogens is 286 g/mol. The molecule has 1 aromatic rings. The second kappa shape index (κ2) is 6.40. The van der Waals surface area contributed by atoms with Crippen LogP contribution in [-0.2, 0) is 11.3 Å². The van der Waals surface area contributed by atoms with Crippen molar-refractivity contribution in [1.29, 1.82) is 0 Å². The molecule has 116 valence electrons. The van der Waals surface area contributed by atoms with E-state index in [2.05, 4.69) is 9.88 Å². The summed E-state index contributed by atoms with van der Waals surface area (Å²) in [5.41, 5.74) is 0.945. The normalized spacial score (nSPS) is 23.7. The summed E-state index contributed by atoms with van der Waals surface area (Å²) in [4.78, 5) is 21.4. The first-order valence-corrected chi connectivity index (χ1v) is 8.84. The Bertz CT molecular complexity index is 492. The predicted octanol–water partition coefficient (Wildman–Crippen LogP) is 1.83. The van der Waals surface area contributed by atoms with Crippen molar-refractivity contribution in [2.75, 3.05) is 31.1 Å². The van der Waals surface area contributed by atoms with Gasteiger partial charge in [0, 0.05) is 24.6 Å². The van der Waals surface area contributed by atoms with Crippen LogP contribution in [-0.4, -0.2) is 57.9 Å². The van der Waals surface area contributed by atoms with Gasteiger partial charge in [-0.05, 0) is 33.2 Å². The van der Waals surface area contributed by atoms with Gasteiger partial charge in [0.05, 0.1) is 18.3 Å². The molecule has 0 N–H and O–H groups in total. The summed E-state index contributed by atoms with van der Waals surface area (Å²) in [5, 5.41) is 0. The van der Waals surface area contributed by atoms with E-state index in [9.17, 15) is 4.79 Å². The Morgan fingerprint density at radius 2 is 2.10 bits per heavy atom. The quantitative estimate of drug-likeness (QED) is 0.852. The van der Waals surface area contributed by atoms with Gasteiger partial charge in [-0.2, -0.15) is 11.8 Å². The number of likely N-dealkylation sites (tertiary alicyclic amines) is 1. The number of carbonyl (C=O) groups is 1. The summed E-state index contributed by atoms with van der Waals surface area (Å²) in [6.45, 7) is 7.29. The van der Waals surface area contributed by atoms with E-state index >= 15 is 0 Å². The molecule has 2 aliphatic heterocycles. The van der Waals surface area contributed by atoms with Crippen LogP contribution in [0.2, 0.25) is 0 Å². The first kappa shape index (κ1) is 14.9. The van der Waals surface area contributed by atoms with Gasteiger partial charge in [0.1, 0.15) is 5.76 Å². The maximum Gasteiger partial charge on any atom is 0.239 e. The number of amides is 1.